The first kappa shape index (κ1) is 23.0. The lowest BCUT2D eigenvalue weighted by molar-refractivity contribution is -0.140. The van der Waals surface area contributed by atoms with Gasteiger partial charge < -0.3 is 9.84 Å². The van der Waals surface area contributed by atoms with Crippen molar-refractivity contribution in [1.29, 1.82) is 0 Å². The summed E-state index contributed by atoms with van der Waals surface area (Å²) in [5.74, 6) is -0.718. The number of alkyl halides is 3. The second kappa shape index (κ2) is 10.1. The Morgan fingerprint density at radius 3 is 2.37 bits per heavy atom. The van der Waals surface area contributed by atoms with Gasteiger partial charge in [-0.05, 0) is 35.9 Å². The van der Waals surface area contributed by atoms with E-state index < -0.39 is 17.6 Å². The Morgan fingerprint density at radius 2 is 1.70 bits per heavy atom. The summed E-state index contributed by atoms with van der Waals surface area (Å²) in [7, 11) is 0. The van der Waals surface area contributed by atoms with Crippen LogP contribution in [0.4, 0.5) is 17.6 Å². The zero-order chi connectivity index (χ0) is 21.7. The van der Waals surface area contributed by atoms with Crippen LogP contribution >= 0.6 is 15.9 Å². The number of ether oxygens (including phenoxy) is 1. The van der Waals surface area contributed by atoms with E-state index in [1.165, 1.54) is 6.07 Å². The molecule has 164 valence electrons. The van der Waals surface area contributed by atoms with Gasteiger partial charge in [-0.2, -0.15) is 13.2 Å². The third-order valence-electron chi connectivity index (χ3n) is 5.03. The van der Waals surface area contributed by atoms with Crippen molar-refractivity contribution in [1.82, 2.24) is 9.80 Å². The lowest BCUT2D eigenvalue weighted by Gasteiger charge is -2.34. The molecular weight excluding hydrogens is 468 g/mol. The van der Waals surface area contributed by atoms with E-state index in [0.717, 1.165) is 48.3 Å². The molecule has 2 aromatic carbocycles. The van der Waals surface area contributed by atoms with Crippen LogP contribution in [0.1, 0.15) is 16.7 Å². The van der Waals surface area contributed by atoms with Crippen molar-refractivity contribution in [3.63, 3.8) is 0 Å². The highest BCUT2D eigenvalue weighted by Gasteiger charge is 2.34. The number of benzene rings is 2. The molecular formula is C21H23BrF4N2O2. The van der Waals surface area contributed by atoms with E-state index in [1.54, 1.807) is 6.07 Å². The van der Waals surface area contributed by atoms with E-state index in [2.05, 4.69) is 25.7 Å². The summed E-state index contributed by atoms with van der Waals surface area (Å²) in [5, 5.41) is 9.06. The Morgan fingerprint density at radius 1 is 1.00 bits per heavy atom. The van der Waals surface area contributed by atoms with E-state index in [1.807, 2.05) is 12.1 Å². The van der Waals surface area contributed by atoms with Crippen LogP contribution in [-0.2, 0) is 19.3 Å². The van der Waals surface area contributed by atoms with Crippen LogP contribution in [0.5, 0.6) is 5.75 Å². The summed E-state index contributed by atoms with van der Waals surface area (Å²) in [6.07, 6.45) is -4.75. The number of β-amino-alcohol motifs (C(OH)–C–C–N with tert-alkyl or cyclic N) is 1. The van der Waals surface area contributed by atoms with Crippen molar-refractivity contribution in [2.24, 2.45) is 0 Å². The summed E-state index contributed by atoms with van der Waals surface area (Å²) >= 11 is 3.45. The summed E-state index contributed by atoms with van der Waals surface area (Å²) in [4.78, 5) is 4.46. The Labute approximate surface area is 181 Å². The van der Waals surface area contributed by atoms with Gasteiger partial charge in [-0.1, -0.05) is 22.0 Å². The van der Waals surface area contributed by atoms with Gasteiger partial charge in [0, 0.05) is 49.3 Å². The monoisotopic (exact) mass is 490 g/mol. The van der Waals surface area contributed by atoms with E-state index in [4.69, 9.17) is 9.84 Å². The maximum Gasteiger partial charge on any atom is 0.419 e. The molecule has 30 heavy (non-hydrogen) atoms. The van der Waals surface area contributed by atoms with Gasteiger partial charge in [0.25, 0.3) is 0 Å². The molecule has 0 radical (unpaired) electrons. The van der Waals surface area contributed by atoms with E-state index in [9.17, 15) is 17.6 Å². The molecule has 1 saturated heterocycles. The quantitative estimate of drug-likeness (QED) is 0.587. The Bertz CT molecular complexity index is 855. The number of halogens is 5. The molecule has 4 nitrogen and oxygen atoms in total. The molecule has 0 aliphatic carbocycles. The van der Waals surface area contributed by atoms with Crippen molar-refractivity contribution in [3.8, 4) is 5.75 Å². The maximum atomic E-state index is 13.5. The molecule has 1 aliphatic heterocycles. The van der Waals surface area contributed by atoms with Gasteiger partial charge in [0.15, 0.2) is 0 Å². The number of aliphatic hydroxyl groups is 1. The molecule has 1 N–H and O–H groups in total. The first-order valence-corrected chi connectivity index (χ1v) is 10.4. The molecule has 1 heterocycles. The standard InChI is InChI=1S/C21H23BrF4N2O2/c22-17-2-4-20(16(12-17)13-28-7-5-27(6-8-28)9-10-29)30-14-15-1-3-19(23)18(11-15)21(24,25)26/h1-4,11-12,29H,5-10,13-14H2. The highest BCUT2D eigenvalue weighted by molar-refractivity contribution is 9.10. The predicted molar refractivity (Wildman–Crippen MR) is 109 cm³/mol. The van der Waals surface area contributed by atoms with Gasteiger partial charge in [0.2, 0.25) is 0 Å². The number of piperazine rings is 1. The fourth-order valence-corrected chi connectivity index (χ4v) is 3.81. The van der Waals surface area contributed by atoms with Crippen LogP contribution in [0, 0.1) is 5.82 Å². The number of aliphatic hydroxyl groups excluding tert-OH is 1. The highest BCUT2D eigenvalue weighted by Crippen LogP contribution is 2.32. The Balaban J connectivity index is 1.68. The molecule has 2 aromatic rings. The summed E-state index contributed by atoms with van der Waals surface area (Å²) in [5.41, 5.74) is -0.131. The molecule has 3 rings (SSSR count). The topological polar surface area (TPSA) is 35.9 Å². The highest BCUT2D eigenvalue weighted by atomic mass is 79.9. The largest absolute Gasteiger partial charge is 0.489 e. The second-order valence-corrected chi connectivity index (χ2v) is 8.11. The van der Waals surface area contributed by atoms with Gasteiger partial charge in [-0.15, -0.1) is 0 Å². The molecule has 9 heteroatoms. The molecule has 1 aliphatic rings. The first-order chi connectivity index (χ1) is 14.3. The first-order valence-electron chi connectivity index (χ1n) is 9.58. The van der Waals surface area contributed by atoms with Crippen LogP contribution in [0.3, 0.4) is 0 Å². The predicted octanol–water partition coefficient (Wildman–Crippen LogP) is 4.30. The zero-order valence-electron chi connectivity index (χ0n) is 16.3. The molecule has 1 fully saturated rings. The average Bonchev–Trinajstić information content (AvgIpc) is 2.69. The third-order valence-corrected chi connectivity index (χ3v) is 5.52. The summed E-state index contributed by atoms with van der Waals surface area (Å²) < 4.78 is 59.0. The minimum absolute atomic E-state index is 0.0950. The minimum atomic E-state index is -4.75. The molecule has 0 amide bonds. The van der Waals surface area contributed by atoms with Crippen molar-refractivity contribution in [3.05, 3.63) is 63.4 Å². The molecule has 0 bridgehead atoms. The molecule has 0 saturated carbocycles. The molecule has 0 spiro atoms. The number of rotatable bonds is 7. The van der Waals surface area contributed by atoms with E-state index in [-0.39, 0.29) is 18.8 Å². The van der Waals surface area contributed by atoms with Crippen LogP contribution < -0.4 is 4.74 Å². The fourth-order valence-electron chi connectivity index (χ4n) is 3.41. The van der Waals surface area contributed by atoms with Gasteiger partial charge in [-0.25, -0.2) is 4.39 Å². The Kier molecular flexibility index (Phi) is 7.73. The van der Waals surface area contributed by atoms with Gasteiger partial charge in [-0.3, -0.25) is 9.80 Å². The molecule has 0 atom stereocenters. The smallest absolute Gasteiger partial charge is 0.419 e. The van der Waals surface area contributed by atoms with Crippen molar-refractivity contribution >= 4 is 15.9 Å². The number of nitrogens with zero attached hydrogens (tertiary/aromatic N) is 2. The molecule has 0 unspecified atom stereocenters. The van der Waals surface area contributed by atoms with Crippen LogP contribution in [0.2, 0.25) is 0 Å². The number of hydrogen-bond donors (Lipinski definition) is 1. The lowest BCUT2D eigenvalue weighted by Crippen LogP contribution is -2.46. The Hall–Kier alpha value is -1.68. The van der Waals surface area contributed by atoms with Crippen LogP contribution in [0.25, 0.3) is 0 Å². The normalized spacial score (nSPS) is 16.1. The summed E-state index contributed by atoms with van der Waals surface area (Å²) in [6, 6.07) is 8.41. The van der Waals surface area contributed by atoms with Gasteiger partial charge in [0.05, 0.1) is 12.2 Å². The van der Waals surface area contributed by atoms with E-state index in [0.29, 0.717) is 18.8 Å². The third kappa shape index (κ3) is 6.16. The summed E-state index contributed by atoms with van der Waals surface area (Å²) in [6.45, 7) is 4.76. The van der Waals surface area contributed by atoms with Gasteiger partial charge >= 0.3 is 6.18 Å². The molecule has 0 aromatic heterocycles. The van der Waals surface area contributed by atoms with Crippen molar-refractivity contribution in [2.75, 3.05) is 39.3 Å². The number of hydrogen-bond acceptors (Lipinski definition) is 4. The minimum Gasteiger partial charge on any atom is -0.489 e. The fraction of sp³-hybridized carbons (Fsp3) is 0.429. The van der Waals surface area contributed by atoms with Crippen LogP contribution in [0.15, 0.2) is 40.9 Å². The van der Waals surface area contributed by atoms with Gasteiger partial charge in [0.1, 0.15) is 18.2 Å². The van der Waals surface area contributed by atoms with Crippen molar-refractivity contribution in [2.45, 2.75) is 19.3 Å². The average molecular weight is 491 g/mol. The van der Waals surface area contributed by atoms with E-state index >= 15 is 0 Å². The maximum absolute atomic E-state index is 13.5. The zero-order valence-corrected chi connectivity index (χ0v) is 17.8. The van der Waals surface area contributed by atoms with Crippen molar-refractivity contribution < 1.29 is 27.4 Å². The SMILES string of the molecule is OCCN1CCN(Cc2cc(Br)ccc2OCc2ccc(F)c(C(F)(F)F)c2)CC1. The second-order valence-electron chi connectivity index (χ2n) is 7.19. The lowest BCUT2D eigenvalue weighted by atomic mass is 10.1. The van der Waals surface area contributed by atoms with Crippen LogP contribution in [-0.4, -0.2) is 54.2 Å².